The first kappa shape index (κ1) is 19.0. The van der Waals surface area contributed by atoms with Gasteiger partial charge in [-0.3, -0.25) is 4.90 Å². The fourth-order valence-electron chi connectivity index (χ4n) is 5.60. The Morgan fingerprint density at radius 2 is 1.55 bits per heavy atom. The maximum atomic E-state index is 3.84. The highest BCUT2D eigenvalue weighted by Crippen LogP contribution is 2.59. The number of para-hydroxylation sites is 2. The van der Waals surface area contributed by atoms with Crippen LogP contribution in [0.4, 0.5) is 11.4 Å². The highest BCUT2D eigenvalue weighted by atomic mass is 15.2. The molecule has 1 unspecified atom stereocenters. The molecule has 3 fully saturated rings. The van der Waals surface area contributed by atoms with Gasteiger partial charge in [-0.2, -0.15) is 0 Å². The third-order valence-electron chi connectivity index (χ3n) is 7.60. The van der Waals surface area contributed by atoms with Crippen LogP contribution in [0.1, 0.15) is 44.1 Å². The van der Waals surface area contributed by atoms with Crippen LogP contribution >= 0.6 is 0 Å². The van der Waals surface area contributed by atoms with Crippen LogP contribution in [0.15, 0.2) is 54.6 Å². The molecule has 29 heavy (non-hydrogen) atoms. The van der Waals surface area contributed by atoms with Gasteiger partial charge >= 0.3 is 0 Å². The first-order valence-corrected chi connectivity index (χ1v) is 11.7. The predicted molar refractivity (Wildman–Crippen MR) is 122 cm³/mol. The monoisotopic (exact) mass is 389 g/mol. The first-order valence-electron chi connectivity index (χ1n) is 11.7. The standard InChI is InChI=1S/C26H35N3/c1-3-9-22(10-4-1)21-28-17-13-26(14-18-28)19-23(26)20-27-24-11-5-6-12-25(24)29-15-7-2-8-16-29/h1,3-6,9-12,23,27H,2,7-8,13-21H2. The summed E-state index contributed by atoms with van der Waals surface area (Å²) >= 11 is 0. The van der Waals surface area contributed by atoms with Crippen LogP contribution in [-0.4, -0.2) is 37.6 Å². The molecule has 0 amide bonds. The molecule has 1 atom stereocenters. The van der Waals surface area contributed by atoms with Gasteiger partial charge in [-0.1, -0.05) is 42.5 Å². The zero-order chi connectivity index (χ0) is 19.5. The third-order valence-corrected chi connectivity index (χ3v) is 7.60. The lowest BCUT2D eigenvalue weighted by Crippen LogP contribution is -2.35. The van der Waals surface area contributed by atoms with Gasteiger partial charge in [-0.15, -0.1) is 0 Å². The summed E-state index contributed by atoms with van der Waals surface area (Å²) in [5, 5.41) is 3.84. The number of nitrogens with zero attached hydrogens (tertiary/aromatic N) is 2. The number of benzene rings is 2. The van der Waals surface area contributed by atoms with Gasteiger partial charge in [0.25, 0.3) is 0 Å². The fraction of sp³-hybridized carbons (Fsp3) is 0.538. The second-order valence-electron chi connectivity index (χ2n) is 9.47. The van der Waals surface area contributed by atoms with Crippen LogP contribution < -0.4 is 10.2 Å². The van der Waals surface area contributed by atoms with Crippen molar-refractivity contribution in [3.8, 4) is 0 Å². The SMILES string of the molecule is c1ccc(CN2CCC3(CC2)CC3CNc2ccccc2N2CCCCC2)cc1. The second-order valence-corrected chi connectivity index (χ2v) is 9.47. The van der Waals surface area contributed by atoms with E-state index in [0.717, 1.165) is 19.0 Å². The summed E-state index contributed by atoms with van der Waals surface area (Å²) < 4.78 is 0. The molecular weight excluding hydrogens is 354 g/mol. The molecule has 0 aromatic heterocycles. The molecule has 2 aromatic carbocycles. The molecule has 0 bridgehead atoms. The van der Waals surface area contributed by atoms with Gasteiger partial charge in [0, 0.05) is 26.2 Å². The zero-order valence-electron chi connectivity index (χ0n) is 17.7. The van der Waals surface area contributed by atoms with Crippen LogP contribution in [0.25, 0.3) is 0 Å². The topological polar surface area (TPSA) is 18.5 Å². The smallest absolute Gasteiger partial charge is 0.0602 e. The number of anilines is 2. The molecule has 1 aliphatic carbocycles. The van der Waals surface area contributed by atoms with Gasteiger partial charge in [0.1, 0.15) is 0 Å². The molecule has 3 heteroatoms. The minimum atomic E-state index is 0.625. The quantitative estimate of drug-likeness (QED) is 0.714. The van der Waals surface area contributed by atoms with Gasteiger partial charge in [-0.25, -0.2) is 0 Å². The molecule has 2 aliphatic heterocycles. The summed E-state index contributed by atoms with van der Waals surface area (Å²) in [5.41, 5.74) is 4.84. The van der Waals surface area contributed by atoms with Crippen LogP contribution in [-0.2, 0) is 6.54 Å². The second kappa shape index (κ2) is 8.39. The Morgan fingerprint density at radius 1 is 0.828 bits per heavy atom. The highest BCUT2D eigenvalue weighted by Gasteiger charge is 2.54. The number of piperidine rings is 2. The van der Waals surface area contributed by atoms with Gasteiger partial charge in [0.2, 0.25) is 0 Å². The van der Waals surface area contributed by atoms with E-state index >= 15 is 0 Å². The number of nitrogens with one attached hydrogen (secondary N) is 1. The van der Waals surface area contributed by atoms with Gasteiger partial charge in [-0.05, 0) is 80.6 Å². The lowest BCUT2D eigenvalue weighted by Gasteiger charge is -2.33. The van der Waals surface area contributed by atoms with Crippen molar-refractivity contribution in [1.82, 2.24) is 4.90 Å². The van der Waals surface area contributed by atoms with Gasteiger partial charge in [0.05, 0.1) is 11.4 Å². The number of hydrogen-bond donors (Lipinski definition) is 1. The van der Waals surface area contributed by atoms with Crippen molar-refractivity contribution in [2.75, 3.05) is 42.9 Å². The summed E-state index contributed by atoms with van der Waals surface area (Å²) in [6.45, 7) is 7.20. The van der Waals surface area contributed by atoms with Crippen LogP contribution in [0.5, 0.6) is 0 Å². The van der Waals surface area contributed by atoms with Crippen LogP contribution in [0.3, 0.4) is 0 Å². The lowest BCUT2D eigenvalue weighted by atomic mass is 9.90. The Balaban J connectivity index is 1.13. The van der Waals surface area contributed by atoms with E-state index < -0.39 is 0 Å². The molecule has 0 radical (unpaired) electrons. The summed E-state index contributed by atoms with van der Waals surface area (Å²) in [7, 11) is 0. The van der Waals surface area contributed by atoms with Crippen molar-refractivity contribution in [2.24, 2.45) is 11.3 Å². The molecule has 3 aliphatic rings. The molecule has 5 rings (SSSR count). The van der Waals surface area contributed by atoms with Gasteiger partial charge in [0.15, 0.2) is 0 Å². The average molecular weight is 390 g/mol. The first-order chi connectivity index (χ1) is 14.3. The van der Waals surface area contributed by atoms with Crippen molar-refractivity contribution < 1.29 is 0 Å². The summed E-state index contributed by atoms with van der Waals surface area (Å²) in [6.07, 6.45) is 8.22. The lowest BCUT2D eigenvalue weighted by molar-refractivity contribution is 0.157. The Morgan fingerprint density at radius 3 is 2.34 bits per heavy atom. The molecule has 3 nitrogen and oxygen atoms in total. The van der Waals surface area contributed by atoms with E-state index in [0.29, 0.717) is 5.41 Å². The normalized spacial score (nSPS) is 23.9. The molecule has 2 saturated heterocycles. The molecule has 1 spiro atoms. The van der Waals surface area contributed by atoms with Crippen LogP contribution in [0, 0.1) is 11.3 Å². The maximum absolute atomic E-state index is 3.84. The predicted octanol–water partition coefficient (Wildman–Crippen LogP) is 5.39. The van der Waals surface area contributed by atoms with E-state index in [-0.39, 0.29) is 0 Å². The number of hydrogen-bond acceptors (Lipinski definition) is 3. The Bertz CT molecular complexity index is 789. The molecule has 1 saturated carbocycles. The fourth-order valence-corrected chi connectivity index (χ4v) is 5.60. The maximum Gasteiger partial charge on any atom is 0.0602 e. The van der Waals surface area contributed by atoms with Crippen molar-refractivity contribution in [3.63, 3.8) is 0 Å². The van der Waals surface area contributed by atoms with Crippen molar-refractivity contribution >= 4 is 11.4 Å². The minimum Gasteiger partial charge on any atom is -0.383 e. The number of rotatable bonds is 6. The Labute approximate surface area is 176 Å². The highest BCUT2D eigenvalue weighted by molar-refractivity contribution is 5.70. The third kappa shape index (κ3) is 4.30. The Hall–Kier alpha value is -2.00. The van der Waals surface area contributed by atoms with E-state index in [1.807, 2.05) is 0 Å². The van der Waals surface area contributed by atoms with Crippen molar-refractivity contribution in [3.05, 3.63) is 60.2 Å². The minimum absolute atomic E-state index is 0.625. The van der Waals surface area contributed by atoms with E-state index in [1.165, 1.54) is 81.6 Å². The average Bonchev–Trinajstić information content (AvgIpc) is 3.47. The molecule has 1 N–H and O–H groups in total. The summed E-state index contributed by atoms with van der Waals surface area (Å²) in [6, 6.07) is 19.9. The molecule has 2 heterocycles. The van der Waals surface area contributed by atoms with Gasteiger partial charge < -0.3 is 10.2 Å². The molecule has 154 valence electrons. The Kier molecular flexibility index (Phi) is 5.50. The molecule has 2 aromatic rings. The van der Waals surface area contributed by atoms with E-state index in [9.17, 15) is 0 Å². The zero-order valence-corrected chi connectivity index (χ0v) is 17.7. The number of likely N-dealkylation sites (tertiary alicyclic amines) is 1. The van der Waals surface area contributed by atoms with E-state index in [4.69, 9.17) is 0 Å². The largest absolute Gasteiger partial charge is 0.383 e. The summed E-state index contributed by atoms with van der Waals surface area (Å²) in [5.74, 6) is 0.857. The molecular formula is C26H35N3. The summed E-state index contributed by atoms with van der Waals surface area (Å²) in [4.78, 5) is 5.23. The van der Waals surface area contributed by atoms with E-state index in [1.54, 1.807) is 0 Å². The van der Waals surface area contributed by atoms with Crippen molar-refractivity contribution in [2.45, 2.75) is 45.1 Å². The van der Waals surface area contributed by atoms with Crippen LogP contribution in [0.2, 0.25) is 0 Å². The van der Waals surface area contributed by atoms with Crippen molar-refractivity contribution in [1.29, 1.82) is 0 Å². The van der Waals surface area contributed by atoms with E-state index in [2.05, 4.69) is 69.7 Å².